The Kier molecular flexibility index (Phi) is 2.43. The maximum Gasteiger partial charge on any atom is 0.319 e. The number of rotatable bonds is 1. The molecule has 0 spiro atoms. The molecule has 0 unspecified atom stereocenters. The number of thiazole rings is 1. The van der Waals surface area contributed by atoms with Crippen molar-refractivity contribution in [2.75, 3.05) is 12.4 Å². The summed E-state index contributed by atoms with van der Waals surface area (Å²) < 4.78 is 0. The fourth-order valence-electron chi connectivity index (χ4n) is 0.594. The van der Waals surface area contributed by atoms with Crippen LogP contribution in [0, 0.1) is 6.92 Å². The Balaban J connectivity index is 2.57. The number of hydrogen-bond acceptors (Lipinski definition) is 3. The third kappa shape index (κ3) is 2.19. The highest BCUT2D eigenvalue weighted by molar-refractivity contribution is 7.15. The second kappa shape index (κ2) is 3.34. The maximum atomic E-state index is 10.7. The average molecular weight is 171 g/mol. The number of carbonyl (C=O) groups is 1. The van der Waals surface area contributed by atoms with E-state index in [1.165, 1.54) is 11.3 Å². The molecule has 1 heterocycles. The van der Waals surface area contributed by atoms with Gasteiger partial charge in [-0.25, -0.2) is 9.78 Å². The molecule has 0 radical (unpaired) electrons. The summed E-state index contributed by atoms with van der Waals surface area (Å²) in [5, 5.41) is 6.78. The third-order valence-corrected chi connectivity index (χ3v) is 1.91. The molecule has 4 nitrogen and oxygen atoms in total. The molecule has 5 heteroatoms. The summed E-state index contributed by atoms with van der Waals surface area (Å²) in [6, 6.07) is -0.214. The Labute approximate surface area is 68.6 Å². The normalized spacial score (nSPS) is 9.27. The van der Waals surface area contributed by atoms with E-state index in [1.807, 2.05) is 6.92 Å². The van der Waals surface area contributed by atoms with Gasteiger partial charge in [0, 0.05) is 7.05 Å². The van der Waals surface area contributed by atoms with E-state index in [0.717, 1.165) is 10.0 Å². The molecular weight excluding hydrogens is 162 g/mol. The quantitative estimate of drug-likeness (QED) is 0.667. The van der Waals surface area contributed by atoms with Crippen LogP contribution in [0.25, 0.3) is 0 Å². The first kappa shape index (κ1) is 8.00. The zero-order valence-corrected chi connectivity index (χ0v) is 7.16. The number of aryl methyl sites for hydroxylation is 1. The number of anilines is 1. The van der Waals surface area contributed by atoms with Crippen LogP contribution in [-0.2, 0) is 0 Å². The Morgan fingerprint density at radius 3 is 2.91 bits per heavy atom. The van der Waals surface area contributed by atoms with Gasteiger partial charge in [0.1, 0.15) is 5.00 Å². The highest BCUT2D eigenvalue weighted by Gasteiger charge is 2.00. The zero-order valence-electron chi connectivity index (χ0n) is 6.34. The number of urea groups is 1. The van der Waals surface area contributed by atoms with E-state index >= 15 is 0 Å². The van der Waals surface area contributed by atoms with Crippen LogP contribution >= 0.6 is 11.3 Å². The van der Waals surface area contributed by atoms with E-state index in [2.05, 4.69) is 15.6 Å². The SMILES string of the molecule is CNC(=O)Nc1cnc(C)s1. The fourth-order valence-corrected chi connectivity index (χ4v) is 1.27. The van der Waals surface area contributed by atoms with Crippen LogP contribution in [0.4, 0.5) is 9.80 Å². The zero-order chi connectivity index (χ0) is 8.27. The van der Waals surface area contributed by atoms with E-state index in [-0.39, 0.29) is 6.03 Å². The number of carbonyl (C=O) groups excluding carboxylic acids is 1. The molecule has 0 saturated carbocycles. The van der Waals surface area contributed by atoms with Crippen LogP contribution in [0.5, 0.6) is 0 Å². The van der Waals surface area contributed by atoms with E-state index in [4.69, 9.17) is 0 Å². The first-order chi connectivity index (χ1) is 5.22. The predicted octanol–water partition coefficient (Wildman–Crippen LogP) is 1.20. The number of amides is 2. The fraction of sp³-hybridized carbons (Fsp3) is 0.333. The van der Waals surface area contributed by atoms with Crippen molar-refractivity contribution in [2.45, 2.75) is 6.92 Å². The highest BCUT2D eigenvalue weighted by Crippen LogP contribution is 2.16. The Morgan fingerprint density at radius 1 is 1.73 bits per heavy atom. The minimum absolute atomic E-state index is 0.214. The van der Waals surface area contributed by atoms with Crippen molar-refractivity contribution < 1.29 is 4.79 Å². The molecule has 0 aromatic carbocycles. The van der Waals surface area contributed by atoms with Crippen LogP contribution < -0.4 is 10.6 Å². The molecule has 0 aliphatic carbocycles. The summed E-state index contributed by atoms with van der Waals surface area (Å²) in [5.41, 5.74) is 0. The standard InChI is InChI=1S/C6H9N3OS/c1-4-8-3-5(11-4)9-6(10)7-2/h3H,1-2H3,(H2,7,9,10). The number of nitrogens with one attached hydrogen (secondary N) is 2. The highest BCUT2D eigenvalue weighted by atomic mass is 32.1. The lowest BCUT2D eigenvalue weighted by atomic mass is 10.8. The minimum atomic E-state index is -0.214. The van der Waals surface area contributed by atoms with Gasteiger partial charge in [-0.3, -0.25) is 5.32 Å². The molecule has 0 aliphatic heterocycles. The van der Waals surface area contributed by atoms with Gasteiger partial charge in [0.2, 0.25) is 0 Å². The molecule has 2 amide bonds. The Hall–Kier alpha value is -1.10. The number of aromatic nitrogens is 1. The monoisotopic (exact) mass is 171 g/mol. The topological polar surface area (TPSA) is 54.0 Å². The molecule has 60 valence electrons. The summed E-state index contributed by atoms with van der Waals surface area (Å²) in [6.07, 6.45) is 1.63. The molecular formula is C6H9N3OS. The van der Waals surface area contributed by atoms with E-state index in [1.54, 1.807) is 13.2 Å². The predicted molar refractivity (Wildman–Crippen MR) is 44.9 cm³/mol. The van der Waals surface area contributed by atoms with Gasteiger partial charge in [0.05, 0.1) is 11.2 Å². The van der Waals surface area contributed by atoms with Crippen LogP contribution in [0.15, 0.2) is 6.20 Å². The number of hydrogen-bond donors (Lipinski definition) is 2. The van der Waals surface area contributed by atoms with Crippen molar-refractivity contribution in [3.8, 4) is 0 Å². The van der Waals surface area contributed by atoms with Gasteiger partial charge >= 0.3 is 6.03 Å². The Bertz CT molecular complexity index is 258. The van der Waals surface area contributed by atoms with Crippen molar-refractivity contribution in [3.63, 3.8) is 0 Å². The summed E-state index contributed by atoms with van der Waals surface area (Å²) in [6.45, 7) is 1.89. The van der Waals surface area contributed by atoms with Gasteiger partial charge in [-0.05, 0) is 6.92 Å². The second-order valence-corrected chi connectivity index (χ2v) is 3.18. The molecule has 0 bridgehead atoms. The van der Waals surface area contributed by atoms with Gasteiger partial charge < -0.3 is 5.32 Å². The summed E-state index contributed by atoms with van der Waals surface area (Å²) in [4.78, 5) is 14.7. The smallest absolute Gasteiger partial charge is 0.319 e. The lowest BCUT2D eigenvalue weighted by molar-refractivity contribution is 0.254. The van der Waals surface area contributed by atoms with Gasteiger partial charge in [0.25, 0.3) is 0 Å². The third-order valence-electron chi connectivity index (χ3n) is 1.09. The summed E-state index contributed by atoms with van der Waals surface area (Å²) in [7, 11) is 1.57. The lowest BCUT2D eigenvalue weighted by Crippen LogP contribution is -2.23. The van der Waals surface area contributed by atoms with Crippen molar-refractivity contribution in [1.29, 1.82) is 0 Å². The van der Waals surface area contributed by atoms with Crippen molar-refractivity contribution in [2.24, 2.45) is 0 Å². The summed E-state index contributed by atoms with van der Waals surface area (Å²) in [5.74, 6) is 0. The molecule has 1 aromatic rings. The molecule has 0 fully saturated rings. The average Bonchev–Trinajstić information content (AvgIpc) is 2.35. The van der Waals surface area contributed by atoms with E-state index in [9.17, 15) is 4.79 Å². The molecule has 0 saturated heterocycles. The maximum absolute atomic E-state index is 10.7. The van der Waals surface area contributed by atoms with Crippen LogP contribution in [-0.4, -0.2) is 18.1 Å². The van der Waals surface area contributed by atoms with Crippen LogP contribution in [0.3, 0.4) is 0 Å². The van der Waals surface area contributed by atoms with E-state index < -0.39 is 0 Å². The van der Waals surface area contributed by atoms with Gasteiger partial charge in [0.15, 0.2) is 0 Å². The molecule has 0 aliphatic rings. The van der Waals surface area contributed by atoms with Crippen LogP contribution in [0.2, 0.25) is 0 Å². The van der Waals surface area contributed by atoms with Crippen molar-refractivity contribution in [1.82, 2.24) is 10.3 Å². The van der Waals surface area contributed by atoms with Crippen LogP contribution in [0.1, 0.15) is 5.01 Å². The largest absolute Gasteiger partial charge is 0.341 e. The van der Waals surface area contributed by atoms with Gasteiger partial charge in [-0.15, -0.1) is 11.3 Å². The summed E-state index contributed by atoms with van der Waals surface area (Å²) >= 11 is 1.45. The van der Waals surface area contributed by atoms with E-state index in [0.29, 0.717) is 0 Å². The Morgan fingerprint density at radius 2 is 2.45 bits per heavy atom. The first-order valence-corrected chi connectivity index (χ1v) is 3.95. The molecule has 11 heavy (non-hydrogen) atoms. The first-order valence-electron chi connectivity index (χ1n) is 3.13. The van der Waals surface area contributed by atoms with Gasteiger partial charge in [-0.2, -0.15) is 0 Å². The number of nitrogens with zero attached hydrogens (tertiary/aromatic N) is 1. The molecule has 1 aromatic heterocycles. The lowest BCUT2D eigenvalue weighted by Gasteiger charge is -1.97. The minimum Gasteiger partial charge on any atom is -0.341 e. The second-order valence-electron chi connectivity index (χ2n) is 1.95. The van der Waals surface area contributed by atoms with Crippen molar-refractivity contribution >= 4 is 22.4 Å². The van der Waals surface area contributed by atoms with Gasteiger partial charge in [-0.1, -0.05) is 0 Å². The molecule has 2 N–H and O–H groups in total. The van der Waals surface area contributed by atoms with Crippen molar-refractivity contribution in [3.05, 3.63) is 11.2 Å². The molecule has 1 rings (SSSR count). The molecule has 0 atom stereocenters.